The van der Waals surface area contributed by atoms with Crippen molar-refractivity contribution in [3.63, 3.8) is 0 Å². The van der Waals surface area contributed by atoms with Crippen LogP contribution in [0.15, 0.2) is 103 Å². The second-order valence-corrected chi connectivity index (χ2v) is 12.5. The van der Waals surface area contributed by atoms with Crippen molar-refractivity contribution in [1.82, 2.24) is 14.9 Å². The number of hydrogen-bond donors (Lipinski definition) is 2. The first-order chi connectivity index (χ1) is 20.6. The third kappa shape index (κ3) is 4.45. The van der Waals surface area contributed by atoms with Crippen LogP contribution >= 0.6 is 0 Å². The van der Waals surface area contributed by atoms with Crippen LogP contribution in [-0.2, 0) is 0 Å². The highest BCUT2D eigenvalue weighted by Crippen LogP contribution is 2.55. The van der Waals surface area contributed by atoms with Crippen molar-refractivity contribution in [2.24, 2.45) is 10.8 Å². The lowest BCUT2D eigenvalue weighted by Gasteiger charge is -2.50. The number of hydrogen-bond acceptors (Lipinski definition) is 3. The van der Waals surface area contributed by atoms with Crippen molar-refractivity contribution in [1.29, 1.82) is 0 Å². The molecule has 1 aliphatic heterocycles. The minimum atomic E-state index is -0.925. The number of amides is 1. The fraction of sp³-hybridized carbons (Fsp3) is 0.216. The molecule has 4 aromatic carbocycles. The lowest BCUT2D eigenvalue weighted by molar-refractivity contribution is 0.0679. The molecule has 1 aliphatic carbocycles. The van der Waals surface area contributed by atoms with Gasteiger partial charge < -0.3 is 15.0 Å². The van der Waals surface area contributed by atoms with Crippen LogP contribution in [0.5, 0.6) is 0 Å². The zero-order valence-electron chi connectivity index (χ0n) is 24.5. The van der Waals surface area contributed by atoms with Gasteiger partial charge in [0.1, 0.15) is 5.82 Å². The van der Waals surface area contributed by atoms with E-state index in [1.54, 1.807) is 12.1 Å². The van der Waals surface area contributed by atoms with Crippen LogP contribution in [0.3, 0.4) is 0 Å². The molecule has 0 saturated heterocycles. The van der Waals surface area contributed by atoms with Gasteiger partial charge in [-0.3, -0.25) is 4.79 Å². The molecule has 43 heavy (non-hydrogen) atoms. The van der Waals surface area contributed by atoms with Crippen LogP contribution in [-0.4, -0.2) is 44.9 Å². The van der Waals surface area contributed by atoms with Gasteiger partial charge in [-0.15, -0.1) is 0 Å². The Kier molecular flexibility index (Phi) is 6.13. The SMILES string of the molecule is CC1(C)C(c2ccc(C(=O)O)cc2)=CC[C@]2(C)CN(C(=O)c3ccccc3-c3nc4cc5ccccc5cc4[nH]3)CC=C12. The first-order valence-electron chi connectivity index (χ1n) is 14.7. The Morgan fingerprint density at radius 1 is 0.884 bits per heavy atom. The van der Waals surface area contributed by atoms with Crippen molar-refractivity contribution in [2.45, 2.75) is 27.2 Å². The molecule has 0 unspecified atom stereocenters. The normalized spacial score (nSPS) is 19.6. The van der Waals surface area contributed by atoms with Crippen LogP contribution in [0, 0.1) is 10.8 Å². The summed E-state index contributed by atoms with van der Waals surface area (Å²) in [7, 11) is 0. The number of benzene rings is 4. The van der Waals surface area contributed by atoms with E-state index in [1.165, 1.54) is 11.1 Å². The maximum atomic E-state index is 14.1. The summed E-state index contributed by atoms with van der Waals surface area (Å²) in [6.45, 7) is 7.84. The number of carbonyl (C=O) groups excluding carboxylic acids is 1. The highest BCUT2D eigenvalue weighted by molar-refractivity contribution is 6.02. The number of nitrogens with zero attached hydrogens (tertiary/aromatic N) is 2. The van der Waals surface area contributed by atoms with E-state index in [-0.39, 0.29) is 22.3 Å². The number of carboxylic acids is 1. The fourth-order valence-corrected chi connectivity index (χ4v) is 7.23. The van der Waals surface area contributed by atoms with Gasteiger partial charge in [-0.1, -0.05) is 93.1 Å². The summed E-state index contributed by atoms with van der Waals surface area (Å²) in [6, 6.07) is 27.3. The Morgan fingerprint density at radius 2 is 1.58 bits per heavy atom. The molecule has 7 rings (SSSR count). The van der Waals surface area contributed by atoms with Crippen molar-refractivity contribution in [2.75, 3.05) is 13.1 Å². The topological polar surface area (TPSA) is 86.3 Å². The molecule has 0 spiro atoms. The molecule has 1 aromatic heterocycles. The summed E-state index contributed by atoms with van der Waals surface area (Å²) < 4.78 is 0. The predicted molar refractivity (Wildman–Crippen MR) is 171 cm³/mol. The number of rotatable bonds is 4. The summed E-state index contributed by atoms with van der Waals surface area (Å²) in [5.74, 6) is -0.241. The lowest BCUT2D eigenvalue weighted by Crippen LogP contribution is -2.48. The average molecular weight is 568 g/mol. The molecule has 1 atom stereocenters. The minimum Gasteiger partial charge on any atom is -0.478 e. The number of allylic oxidation sites excluding steroid dienone is 2. The number of fused-ring (bicyclic) bond motifs is 3. The van der Waals surface area contributed by atoms with Crippen LogP contribution in [0.4, 0.5) is 0 Å². The van der Waals surface area contributed by atoms with E-state index in [4.69, 9.17) is 4.98 Å². The van der Waals surface area contributed by atoms with Crippen LogP contribution in [0.25, 0.3) is 38.8 Å². The van der Waals surface area contributed by atoms with Crippen molar-refractivity contribution >= 4 is 39.3 Å². The first-order valence-corrected chi connectivity index (χ1v) is 14.7. The lowest BCUT2D eigenvalue weighted by atomic mass is 9.58. The highest BCUT2D eigenvalue weighted by Gasteiger charge is 2.46. The molecule has 214 valence electrons. The average Bonchev–Trinajstić information content (AvgIpc) is 3.42. The van der Waals surface area contributed by atoms with Gasteiger partial charge in [0, 0.05) is 29.5 Å². The summed E-state index contributed by atoms with van der Waals surface area (Å²) in [4.78, 5) is 35.8. The van der Waals surface area contributed by atoms with E-state index in [2.05, 4.69) is 62.2 Å². The number of aromatic amines is 1. The van der Waals surface area contributed by atoms with Crippen LogP contribution in [0.1, 0.15) is 53.5 Å². The maximum Gasteiger partial charge on any atom is 0.335 e. The maximum absolute atomic E-state index is 14.1. The summed E-state index contributed by atoms with van der Waals surface area (Å²) in [5, 5.41) is 11.6. The van der Waals surface area contributed by atoms with E-state index in [9.17, 15) is 14.7 Å². The van der Waals surface area contributed by atoms with Crippen LogP contribution in [0.2, 0.25) is 0 Å². The van der Waals surface area contributed by atoms with Gasteiger partial charge in [-0.25, -0.2) is 9.78 Å². The molecule has 0 fully saturated rings. The molecule has 2 heterocycles. The Labute approximate surface area is 250 Å². The molecule has 1 amide bonds. The van der Waals surface area contributed by atoms with E-state index in [1.807, 2.05) is 53.4 Å². The molecule has 6 heteroatoms. The second-order valence-electron chi connectivity index (χ2n) is 12.5. The van der Waals surface area contributed by atoms with Gasteiger partial charge in [0.2, 0.25) is 0 Å². The third-order valence-electron chi connectivity index (χ3n) is 9.30. The fourth-order valence-electron chi connectivity index (χ4n) is 7.23. The summed E-state index contributed by atoms with van der Waals surface area (Å²) in [6.07, 6.45) is 5.30. The Balaban J connectivity index is 1.19. The quantitative estimate of drug-likeness (QED) is 0.216. The molecule has 6 nitrogen and oxygen atoms in total. The number of carbonyl (C=O) groups is 2. The third-order valence-corrected chi connectivity index (χ3v) is 9.30. The number of aromatic carboxylic acids is 1. The predicted octanol–water partition coefficient (Wildman–Crippen LogP) is 7.98. The minimum absolute atomic E-state index is 0.00501. The zero-order chi connectivity index (χ0) is 29.9. The molecule has 5 aromatic rings. The van der Waals surface area contributed by atoms with Crippen molar-refractivity contribution in [3.05, 3.63) is 119 Å². The highest BCUT2D eigenvalue weighted by atomic mass is 16.4. The Bertz CT molecular complexity index is 1940. The van der Waals surface area contributed by atoms with Gasteiger partial charge in [-0.05, 0) is 58.7 Å². The van der Waals surface area contributed by atoms with Gasteiger partial charge in [0.15, 0.2) is 0 Å². The number of aromatic nitrogens is 2. The number of H-pyrrole nitrogens is 1. The van der Waals surface area contributed by atoms with Crippen molar-refractivity contribution < 1.29 is 14.7 Å². The van der Waals surface area contributed by atoms with Gasteiger partial charge in [0.05, 0.1) is 22.2 Å². The molecule has 0 radical (unpaired) electrons. The Morgan fingerprint density at radius 3 is 2.33 bits per heavy atom. The zero-order valence-corrected chi connectivity index (χ0v) is 24.5. The van der Waals surface area contributed by atoms with Crippen LogP contribution < -0.4 is 0 Å². The monoisotopic (exact) mass is 567 g/mol. The molecule has 2 aliphatic rings. The standard InChI is InChI=1S/C37H33N3O3/c1-36(2)29(23-12-14-24(15-13-23)35(42)43)16-18-37(3)22-40(19-17-32(36)37)34(41)28-11-7-6-10-27(28)33-38-30-20-25-8-4-5-9-26(25)21-31(30)39-33/h4-17,20-21H,18-19,22H2,1-3H3,(H,38,39)(H,42,43)/t37-/m1/s1. The molecule has 0 saturated carbocycles. The first kappa shape index (κ1) is 26.9. The van der Waals surface area contributed by atoms with E-state index in [0.717, 1.165) is 39.4 Å². The summed E-state index contributed by atoms with van der Waals surface area (Å²) in [5.41, 5.74) is 6.60. The van der Waals surface area contributed by atoms with E-state index < -0.39 is 5.97 Å². The number of nitrogens with one attached hydrogen (secondary N) is 1. The van der Waals surface area contributed by atoms with Gasteiger partial charge >= 0.3 is 5.97 Å². The molecule has 0 bridgehead atoms. The molecule has 2 N–H and O–H groups in total. The molecular formula is C37H33N3O3. The number of imidazole rings is 1. The smallest absolute Gasteiger partial charge is 0.335 e. The second kappa shape index (κ2) is 9.80. The summed E-state index contributed by atoms with van der Waals surface area (Å²) >= 11 is 0. The largest absolute Gasteiger partial charge is 0.478 e. The van der Waals surface area contributed by atoms with E-state index >= 15 is 0 Å². The Hall–Kier alpha value is -4.97. The number of carboxylic acid groups (broad SMARTS) is 1. The van der Waals surface area contributed by atoms with Gasteiger partial charge in [0.25, 0.3) is 5.91 Å². The van der Waals surface area contributed by atoms with E-state index in [0.29, 0.717) is 24.5 Å². The molecular weight excluding hydrogens is 534 g/mol. The van der Waals surface area contributed by atoms with Crippen molar-refractivity contribution in [3.8, 4) is 11.4 Å². The van der Waals surface area contributed by atoms with Gasteiger partial charge in [-0.2, -0.15) is 0 Å².